The summed E-state index contributed by atoms with van der Waals surface area (Å²) >= 11 is 0. The number of ketones is 1. The molecular weight excluding hydrogens is 442 g/mol. The average Bonchev–Trinajstić information content (AvgIpc) is 3.17. The van der Waals surface area contributed by atoms with Gasteiger partial charge in [-0.25, -0.2) is 0 Å². The molecule has 1 aliphatic rings. The zero-order valence-corrected chi connectivity index (χ0v) is 19.3. The first-order chi connectivity index (χ1) is 17.0. The highest BCUT2D eigenvalue weighted by atomic mass is 16.5. The second-order valence-corrected chi connectivity index (χ2v) is 8.19. The Balaban J connectivity index is 1.73. The number of carbonyl (C=O) groups is 2. The summed E-state index contributed by atoms with van der Waals surface area (Å²) in [4.78, 5) is 31.8. The molecule has 0 bridgehead atoms. The number of anilines is 1. The summed E-state index contributed by atoms with van der Waals surface area (Å²) in [6.45, 7) is 2.73. The van der Waals surface area contributed by atoms with E-state index >= 15 is 0 Å². The van der Waals surface area contributed by atoms with E-state index < -0.39 is 17.7 Å². The van der Waals surface area contributed by atoms with Crippen molar-refractivity contribution in [1.82, 2.24) is 4.98 Å². The second kappa shape index (κ2) is 10.7. The fraction of sp³-hybridized carbons (Fsp3) is 0.214. The minimum atomic E-state index is -0.874. The van der Waals surface area contributed by atoms with Crippen molar-refractivity contribution in [3.05, 3.63) is 95.3 Å². The van der Waals surface area contributed by atoms with Crippen LogP contribution < -0.4 is 9.64 Å². The number of carbonyl (C=O) groups excluding carboxylic acids is 2. The van der Waals surface area contributed by atoms with Crippen molar-refractivity contribution in [2.45, 2.75) is 32.2 Å². The number of hydrogen-bond acceptors (Lipinski definition) is 6. The van der Waals surface area contributed by atoms with E-state index in [0.717, 1.165) is 19.3 Å². The van der Waals surface area contributed by atoms with Crippen LogP contribution in [0.25, 0.3) is 5.76 Å². The van der Waals surface area contributed by atoms with Crippen molar-refractivity contribution in [3.63, 3.8) is 0 Å². The van der Waals surface area contributed by atoms with E-state index in [2.05, 4.69) is 11.9 Å². The predicted molar refractivity (Wildman–Crippen MR) is 132 cm³/mol. The third-order valence-corrected chi connectivity index (χ3v) is 5.86. The Kier molecular flexibility index (Phi) is 7.22. The predicted octanol–water partition coefficient (Wildman–Crippen LogP) is 5.15. The highest BCUT2D eigenvalue weighted by Gasteiger charge is 2.47. The standard InChI is InChI=1S/C28H25N3O4/c1-2-3-4-16-35-23-13-9-20(10-14-23)26(32)24-25(21-6-5-15-30-18-21)31(28(34)27(24)33)22-11-7-19(17-29)8-12-22/h5-15,18,25,32H,2-4,16H2,1H3/b26-24-. The maximum atomic E-state index is 13.2. The molecule has 3 aromatic rings. The van der Waals surface area contributed by atoms with Gasteiger partial charge in [0.2, 0.25) is 0 Å². The first kappa shape index (κ1) is 23.7. The number of rotatable bonds is 8. The van der Waals surface area contributed by atoms with Crippen molar-refractivity contribution < 1.29 is 19.4 Å². The number of Topliss-reactive ketones (excluding diaryl/α,β-unsaturated/α-hetero) is 1. The highest BCUT2D eigenvalue weighted by molar-refractivity contribution is 6.51. The third kappa shape index (κ3) is 4.92. The largest absolute Gasteiger partial charge is 0.507 e. The minimum absolute atomic E-state index is 0.0241. The molecule has 1 unspecified atom stereocenters. The molecule has 4 rings (SSSR count). The summed E-state index contributed by atoms with van der Waals surface area (Å²) in [5, 5.41) is 20.3. The number of aliphatic hydroxyl groups excluding tert-OH is 1. The smallest absolute Gasteiger partial charge is 0.300 e. The number of hydrogen-bond donors (Lipinski definition) is 1. The first-order valence-corrected chi connectivity index (χ1v) is 11.5. The van der Waals surface area contributed by atoms with E-state index in [1.165, 1.54) is 4.90 Å². The molecule has 1 aliphatic heterocycles. The van der Waals surface area contributed by atoms with Crippen LogP contribution in [0.2, 0.25) is 0 Å². The molecule has 2 aromatic carbocycles. The van der Waals surface area contributed by atoms with Crippen LogP contribution in [0.3, 0.4) is 0 Å². The summed E-state index contributed by atoms with van der Waals surface area (Å²) < 4.78 is 5.73. The molecule has 1 atom stereocenters. The van der Waals surface area contributed by atoms with Gasteiger partial charge in [0.15, 0.2) is 0 Å². The van der Waals surface area contributed by atoms with E-state index in [1.807, 2.05) is 6.07 Å². The highest BCUT2D eigenvalue weighted by Crippen LogP contribution is 2.42. The number of aliphatic hydroxyl groups is 1. The third-order valence-electron chi connectivity index (χ3n) is 5.86. The Labute approximate surface area is 203 Å². The zero-order chi connectivity index (χ0) is 24.8. The number of amides is 1. The Morgan fingerprint density at radius 1 is 1.09 bits per heavy atom. The Bertz CT molecular complexity index is 1280. The fourth-order valence-corrected chi connectivity index (χ4v) is 4.06. The molecule has 0 spiro atoms. The van der Waals surface area contributed by atoms with E-state index in [0.29, 0.717) is 34.7 Å². The molecule has 7 nitrogen and oxygen atoms in total. The first-order valence-electron chi connectivity index (χ1n) is 11.5. The van der Waals surface area contributed by atoms with Gasteiger partial charge in [0.1, 0.15) is 11.5 Å². The molecule has 1 saturated heterocycles. The topological polar surface area (TPSA) is 104 Å². The Morgan fingerprint density at radius 3 is 2.46 bits per heavy atom. The van der Waals surface area contributed by atoms with Gasteiger partial charge in [-0.2, -0.15) is 5.26 Å². The van der Waals surface area contributed by atoms with Gasteiger partial charge in [-0.3, -0.25) is 19.5 Å². The quantitative estimate of drug-likeness (QED) is 0.213. The normalized spacial score (nSPS) is 16.8. The second-order valence-electron chi connectivity index (χ2n) is 8.19. The van der Waals surface area contributed by atoms with E-state index in [9.17, 15) is 14.7 Å². The molecule has 1 fully saturated rings. The van der Waals surface area contributed by atoms with Crippen LogP contribution in [0.15, 0.2) is 78.6 Å². The number of nitrogens with zero attached hydrogens (tertiary/aromatic N) is 3. The summed E-state index contributed by atoms with van der Waals surface area (Å²) in [5.74, 6) is -1.16. The minimum Gasteiger partial charge on any atom is -0.507 e. The maximum Gasteiger partial charge on any atom is 0.300 e. The summed E-state index contributed by atoms with van der Waals surface area (Å²) in [5.41, 5.74) is 1.82. The number of ether oxygens (including phenoxy) is 1. The lowest BCUT2D eigenvalue weighted by atomic mass is 9.96. The van der Waals surface area contributed by atoms with Crippen molar-refractivity contribution in [2.24, 2.45) is 0 Å². The summed E-state index contributed by atoms with van der Waals surface area (Å²) in [6.07, 6.45) is 6.31. The van der Waals surface area contributed by atoms with Crippen LogP contribution >= 0.6 is 0 Å². The van der Waals surface area contributed by atoms with Crippen molar-refractivity contribution in [2.75, 3.05) is 11.5 Å². The maximum absolute atomic E-state index is 13.2. The lowest BCUT2D eigenvalue weighted by molar-refractivity contribution is -0.132. The van der Waals surface area contributed by atoms with Gasteiger partial charge in [-0.1, -0.05) is 25.8 Å². The molecular formula is C28H25N3O4. The molecule has 0 radical (unpaired) electrons. The molecule has 1 aromatic heterocycles. The molecule has 2 heterocycles. The van der Waals surface area contributed by atoms with E-state index in [-0.39, 0.29) is 11.3 Å². The number of aromatic nitrogens is 1. The fourth-order valence-electron chi connectivity index (χ4n) is 4.06. The van der Waals surface area contributed by atoms with Crippen LogP contribution in [0.5, 0.6) is 5.75 Å². The Hall–Kier alpha value is -4.44. The van der Waals surface area contributed by atoms with Gasteiger partial charge in [0.05, 0.1) is 29.9 Å². The number of nitriles is 1. The van der Waals surface area contributed by atoms with Crippen LogP contribution in [0.1, 0.15) is 48.9 Å². The number of unbranched alkanes of at least 4 members (excludes halogenated alkanes) is 2. The molecule has 176 valence electrons. The van der Waals surface area contributed by atoms with Crippen LogP contribution in [-0.2, 0) is 9.59 Å². The molecule has 1 N–H and O–H groups in total. The SMILES string of the molecule is CCCCCOc1ccc(/C(O)=C2/C(=O)C(=O)N(c3ccc(C#N)cc3)C2c2cccnc2)cc1. The molecule has 7 heteroatoms. The summed E-state index contributed by atoms with van der Waals surface area (Å²) in [6, 6.07) is 17.8. The summed E-state index contributed by atoms with van der Waals surface area (Å²) in [7, 11) is 0. The lowest BCUT2D eigenvalue weighted by Crippen LogP contribution is -2.29. The van der Waals surface area contributed by atoms with Crippen LogP contribution in [0, 0.1) is 11.3 Å². The molecule has 35 heavy (non-hydrogen) atoms. The van der Waals surface area contributed by atoms with Crippen LogP contribution in [0.4, 0.5) is 5.69 Å². The van der Waals surface area contributed by atoms with Gasteiger partial charge in [-0.05, 0) is 66.6 Å². The van der Waals surface area contributed by atoms with Gasteiger partial charge >= 0.3 is 0 Å². The Morgan fingerprint density at radius 2 is 1.83 bits per heavy atom. The van der Waals surface area contributed by atoms with E-state index in [4.69, 9.17) is 10.00 Å². The van der Waals surface area contributed by atoms with Gasteiger partial charge in [0.25, 0.3) is 11.7 Å². The average molecular weight is 468 g/mol. The number of benzene rings is 2. The monoisotopic (exact) mass is 467 g/mol. The number of pyridine rings is 1. The van der Waals surface area contributed by atoms with Gasteiger partial charge in [-0.15, -0.1) is 0 Å². The van der Waals surface area contributed by atoms with Crippen molar-refractivity contribution in [1.29, 1.82) is 5.26 Å². The molecule has 0 aliphatic carbocycles. The van der Waals surface area contributed by atoms with Crippen molar-refractivity contribution >= 4 is 23.1 Å². The van der Waals surface area contributed by atoms with Crippen LogP contribution in [-0.4, -0.2) is 28.4 Å². The van der Waals surface area contributed by atoms with Gasteiger partial charge < -0.3 is 9.84 Å². The molecule has 0 saturated carbocycles. The zero-order valence-electron chi connectivity index (χ0n) is 19.3. The molecule has 1 amide bonds. The lowest BCUT2D eigenvalue weighted by Gasteiger charge is -2.25. The van der Waals surface area contributed by atoms with Gasteiger partial charge in [0, 0.05) is 23.6 Å². The van der Waals surface area contributed by atoms with E-state index in [1.54, 1.807) is 73.1 Å². The van der Waals surface area contributed by atoms with Crippen molar-refractivity contribution in [3.8, 4) is 11.8 Å².